The molecule has 0 saturated heterocycles. The molecule has 4 aromatic rings. The molecule has 0 saturated carbocycles. The van der Waals surface area contributed by atoms with Gasteiger partial charge in [-0.05, 0) is 67.1 Å². The highest BCUT2D eigenvalue weighted by Gasteiger charge is 2.19. The predicted molar refractivity (Wildman–Crippen MR) is 126 cm³/mol. The van der Waals surface area contributed by atoms with Gasteiger partial charge in [0.25, 0.3) is 0 Å². The minimum absolute atomic E-state index is 0.615. The molecule has 2 heteroatoms. The van der Waals surface area contributed by atoms with Gasteiger partial charge >= 0.3 is 0 Å². The maximum absolute atomic E-state index is 2.42. The quantitative estimate of drug-likeness (QED) is 0.334. The van der Waals surface area contributed by atoms with E-state index in [-0.39, 0.29) is 0 Å². The Labute approximate surface area is 165 Å². The molecule has 1 aliphatic heterocycles. The number of hydrogen-bond acceptors (Lipinski definition) is 0. The Kier molecular flexibility index (Phi) is 4.51. The number of hydrogen-bond donors (Lipinski definition) is 0. The van der Waals surface area contributed by atoms with Crippen LogP contribution in [0.4, 0.5) is 0 Å². The fraction of sp³-hybridized carbons (Fsp3) is 0.200. The summed E-state index contributed by atoms with van der Waals surface area (Å²) in [6, 6.07) is 25.5. The van der Waals surface area contributed by atoms with Crippen molar-refractivity contribution >= 4 is 49.3 Å². The highest BCUT2D eigenvalue weighted by Crippen LogP contribution is 2.42. The second-order valence-corrected chi connectivity index (χ2v) is 10.7. The zero-order chi connectivity index (χ0) is 18.4. The fourth-order valence-corrected chi connectivity index (χ4v) is 7.38. The Morgan fingerprint density at radius 3 is 2.19 bits per heavy atom. The first-order valence-electron chi connectivity index (χ1n) is 9.83. The van der Waals surface area contributed by atoms with Crippen LogP contribution in [0, 0.1) is 0 Å². The van der Waals surface area contributed by atoms with Crippen LogP contribution in [-0.2, 0) is 0 Å². The van der Waals surface area contributed by atoms with E-state index in [0.29, 0.717) is 5.92 Å². The first kappa shape index (κ1) is 17.4. The molecule has 3 atom stereocenters. The van der Waals surface area contributed by atoms with Gasteiger partial charge < -0.3 is 0 Å². The van der Waals surface area contributed by atoms with E-state index >= 15 is 0 Å². The van der Waals surface area contributed by atoms with Crippen molar-refractivity contribution in [2.75, 3.05) is 5.90 Å². The van der Waals surface area contributed by atoms with Crippen LogP contribution < -0.4 is 10.6 Å². The summed E-state index contributed by atoms with van der Waals surface area (Å²) in [4.78, 5) is 0. The zero-order valence-corrected chi connectivity index (χ0v) is 17.8. The van der Waals surface area contributed by atoms with E-state index < -0.39 is 0 Å². The molecule has 27 heavy (non-hydrogen) atoms. The van der Waals surface area contributed by atoms with Crippen molar-refractivity contribution in [1.82, 2.24) is 0 Å². The van der Waals surface area contributed by atoms with E-state index in [9.17, 15) is 0 Å². The topological polar surface area (TPSA) is 0 Å². The van der Waals surface area contributed by atoms with Gasteiger partial charge in [-0.2, -0.15) is 0 Å². The third kappa shape index (κ3) is 2.91. The predicted octanol–water partition coefficient (Wildman–Crippen LogP) is 6.75. The molecule has 1 heterocycles. The number of benzene rings is 4. The van der Waals surface area contributed by atoms with Crippen LogP contribution in [0.15, 0.2) is 66.7 Å². The second-order valence-electron chi connectivity index (χ2n) is 7.52. The summed E-state index contributed by atoms with van der Waals surface area (Å²) < 4.78 is 0. The third-order valence-electron chi connectivity index (χ3n) is 5.96. The normalized spacial score (nSPS) is 16.4. The molecule has 0 fully saturated rings. The maximum atomic E-state index is 2.42. The van der Waals surface area contributed by atoms with Crippen LogP contribution >= 0.6 is 17.2 Å². The van der Waals surface area contributed by atoms with Gasteiger partial charge in [0.15, 0.2) is 0 Å². The van der Waals surface area contributed by atoms with Crippen LogP contribution in [0.25, 0.3) is 32.7 Å². The molecular formula is C25H24P2. The van der Waals surface area contributed by atoms with Gasteiger partial charge in [0.1, 0.15) is 0 Å². The van der Waals surface area contributed by atoms with Gasteiger partial charge in [-0.25, -0.2) is 0 Å². The molecule has 134 valence electrons. The number of rotatable bonds is 2. The molecule has 0 N–H and O–H groups in total. The van der Waals surface area contributed by atoms with Gasteiger partial charge in [-0.3, -0.25) is 0 Å². The monoisotopic (exact) mass is 386 g/mol. The fourth-order valence-electron chi connectivity index (χ4n) is 4.23. The van der Waals surface area contributed by atoms with Gasteiger partial charge in [-0.1, -0.05) is 97.7 Å². The van der Waals surface area contributed by atoms with Crippen molar-refractivity contribution in [3.8, 4) is 11.1 Å². The van der Waals surface area contributed by atoms with E-state index in [0.717, 1.165) is 17.2 Å². The minimum Gasteiger partial charge on any atom is -0.0852 e. The molecule has 1 aliphatic rings. The third-order valence-corrected chi connectivity index (χ3v) is 8.97. The van der Waals surface area contributed by atoms with Crippen molar-refractivity contribution in [2.45, 2.75) is 26.2 Å². The van der Waals surface area contributed by atoms with Gasteiger partial charge in [0.05, 0.1) is 0 Å². The molecular weight excluding hydrogens is 362 g/mol. The molecule has 4 aromatic carbocycles. The largest absolute Gasteiger partial charge is 0.0852 e. The van der Waals surface area contributed by atoms with Crippen molar-refractivity contribution in [1.29, 1.82) is 0 Å². The lowest BCUT2D eigenvalue weighted by molar-refractivity contribution is 0.735. The average molecular weight is 386 g/mol. The summed E-state index contributed by atoms with van der Waals surface area (Å²) in [6.07, 6.45) is 1.19. The summed E-state index contributed by atoms with van der Waals surface area (Å²) in [7, 11) is 1.80. The van der Waals surface area contributed by atoms with E-state index in [4.69, 9.17) is 0 Å². The summed E-state index contributed by atoms with van der Waals surface area (Å²) in [6.45, 7) is 4.60. The lowest BCUT2D eigenvalue weighted by Gasteiger charge is -2.17. The van der Waals surface area contributed by atoms with Gasteiger partial charge in [-0.15, -0.1) is 0 Å². The van der Waals surface area contributed by atoms with Crippen LogP contribution in [0.5, 0.6) is 0 Å². The Morgan fingerprint density at radius 2 is 1.44 bits per heavy atom. The first-order valence-corrected chi connectivity index (χ1v) is 12.2. The summed E-state index contributed by atoms with van der Waals surface area (Å²) in [5.74, 6) is 1.90. The lowest BCUT2D eigenvalue weighted by atomic mass is 9.91. The van der Waals surface area contributed by atoms with Crippen molar-refractivity contribution < 1.29 is 0 Å². The molecule has 3 unspecified atom stereocenters. The average Bonchev–Trinajstić information content (AvgIpc) is 2.92. The molecule has 0 nitrogen and oxygen atoms in total. The van der Waals surface area contributed by atoms with E-state index in [1.807, 2.05) is 0 Å². The van der Waals surface area contributed by atoms with Crippen molar-refractivity contribution in [3.63, 3.8) is 0 Å². The highest BCUT2D eigenvalue weighted by atomic mass is 31.1. The van der Waals surface area contributed by atoms with Crippen LogP contribution in [0.1, 0.15) is 31.7 Å². The summed E-state index contributed by atoms with van der Waals surface area (Å²) in [5.41, 5.74) is 4.45. The summed E-state index contributed by atoms with van der Waals surface area (Å²) in [5, 5.41) is 8.66. The Balaban J connectivity index is 1.86. The van der Waals surface area contributed by atoms with Crippen molar-refractivity contribution in [3.05, 3.63) is 72.3 Å². The van der Waals surface area contributed by atoms with Crippen LogP contribution in [-0.4, -0.2) is 5.90 Å². The Morgan fingerprint density at radius 1 is 0.778 bits per heavy atom. The van der Waals surface area contributed by atoms with Crippen LogP contribution in [0.2, 0.25) is 0 Å². The van der Waals surface area contributed by atoms with Crippen molar-refractivity contribution in [2.24, 2.45) is 0 Å². The SMILES string of the molecule is CCC(C)c1ccc2c3c(ccc2c1)PCPc1ccc2ccccc2c1-3. The lowest BCUT2D eigenvalue weighted by Crippen LogP contribution is -2.06. The van der Waals surface area contributed by atoms with E-state index in [1.54, 1.807) is 10.6 Å². The van der Waals surface area contributed by atoms with E-state index in [2.05, 4.69) is 80.6 Å². The molecule has 0 radical (unpaired) electrons. The molecule has 0 aliphatic carbocycles. The minimum atomic E-state index is 0.615. The molecule has 0 bridgehead atoms. The summed E-state index contributed by atoms with van der Waals surface area (Å²) >= 11 is 0. The van der Waals surface area contributed by atoms with Gasteiger partial charge in [0, 0.05) is 0 Å². The zero-order valence-electron chi connectivity index (χ0n) is 15.8. The van der Waals surface area contributed by atoms with E-state index in [1.165, 1.54) is 50.6 Å². The number of fused-ring (bicyclic) bond motifs is 7. The smallest absolute Gasteiger partial charge is 0.00183 e. The standard InChI is InChI=1S/C25H24P2/c1-3-16(2)18-8-11-21-19(14-18)10-13-23-25(21)24-20-7-5-4-6-17(20)9-12-22(24)26-15-27-23/h4-14,16,26-27H,3,15H2,1-2H3. The molecule has 5 rings (SSSR count). The Bertz CT molecular complexity index is 1160. The maximum Gasteiger partial charge on any atom is -0.00183 e. The Hall–Kier alpha value is -1.74. The first-order chi connectivity index (χ1) is 13.3. The second kappa shape index (κ2) is 7.01. The molecule has 0 aromatic heterocycles. The van der Waals surface area contributed by atoms with Gasteiger partial charge in [0.2, 0.25) is 0 Å². The molecule has 0 spiro atoms. The van der Waals surface area contributed by atoms with Crippen LogP contribution in [0.3, 0.4) is 0 Å². The highest BCUT2D eigenvalue weighted by molar-refractivity contribution is 7.65. The molecule has 0 amide bonds.